The van der Waals surface area contributed by atoms with Crippen LogP contribution in [0.25, 0.3) is 10.9 Å². The number of hydrogen-bond donors (Lipinski definition) is 2. The van der Waals surface area contributed by atoms with Gasteiger partial charge in [-0.05, 0) is 53.8 Å². The van der Waals surface area contributed by atoms with Gasteiger partial charge in [0.15, 0.2) is 0 Å². The van der Waals surface area contributed by atoms with Gasteiger partial charge in [-0.2, -0.15) is 0 Å². The molecule has 1 heterocycles. The van der Waals surface area contributed by atoms with Crippen LogP contribution in [0.15, 0.2) is 48.5 Å². The molecule has 0 amide bonds. The lowest BCUT2D eigenvalue weighted by Crippen LogP contribution is -2.01. The van der Waals surface area contributed by atoms with Crippen molar-refractivity contribution in [2.75, 3.05) is 0 Å². The summed E-state index contributed by atoms with van der Waals surface area (Å²) in [6.07, 6.45) is 3.08. The highest BCUT2D eigenvalue weighted by molar-refractivity contribution is 5.89. The molecule has 0 saturated heterocycles. The summed E-state index contributed by atoms with van der Waals surface area (Å²) in [4.78, 5) is 15.3. The predicted octanol–water partition coefficient (Wildman–Crippen LogP) is 4.70. The first-order valence-electron chi connectivity index (χ1n) is 9.08. The number of pyridine rings is 1. The van der Waals surface area contributed by atoms with E-state index in [4.69, 9.17) is 9.84 Å². The molecule has 0 unspecified atom stereocenters. The molecule has 0 radical (unpaired) electrons. The number of aromatic hydroxyl groups is 1. The zero-order valence-electron chi connectivity index (χ0n) is 15.3. The standard InChI is InChI=1S/C22H23NO4/c1-2-3-4-17-12-19(24)9-7-18(17)14-27-13-15-5-6-16-8-10-20(22(25)26)23-21(16)11-15/h5-12,24H,2-4,13-14H2,1H3,(H,25,26). The monoisotopic (exact) mass is 365 g/mol. The molecule has 1 aromatic heterocycles. The Morgan fingerprint density at radius 3 is 2.63 bits per heavy atom. The van der Waals surface area contributed by atoms with Gasteiger partial charge in [0, 0.05) is 5.39 Å². The zero-order valence-corrected chi connectivity index (χ0v) is 15.3. The highest BCUT2D eigenvalue weighted by Crippen LogP contribution is 2.21. The molecule has 0 saturated carbocycles. The maximum Gasteiger partial charge on any atom is 0.354 e. The summed E-state index contributed by atoms with van der Waals surface area (Å²) in [6.45, 7) is 3.01. The fraction of sp³-hybridized carbons (Fsp3) is 0.273. The molecule has 0 aliphatic rings. The number of unbranched alkanes of at least 4 members (excludes halogenated alkanes) is 1. The third-order valence-corrected chi connectivity index (χ3v) is 4.49. The van der Waals surface area contributed by atoms with Crippen molar-refractivity contribution in [3.05, 3.63) is 70.9 Å². The zero-order chi connectivity index (χ0) is 19.2. The maximum atomic E-state index is 11.1. The number of phenolic OH excluding ortho intramolecular Hbond substituents is 1. The van der Waals surface area contributed by atoms with E-state index in [2.05, 4.69) is 11.9 Å². The van der Waals surface area contributed by atoms with Crippen LogP contribution in [0.2, 0.25) is 0 Å². The SMILES string of the molecule is CCCCc1cc(O)ccc1COCc1ccc2ccc(C(=O)O)nc2c1. The Balaban J connectivity index is 1.69. The molecule has 0 fully saturated rings. The lowest BCUT2D eigenvalue weighted by Gasteiger charge is -2.11. The van der Waals surface area contributed by atoms with Gasteiger partial charge in [-0.1, -0.05) is 37.6 Å². The Labute approximate surface area is 158 Å². The number of carboxylic acid groups (broad SMARTS) is 1. The highest BCUT2D eigenvalue weighted by Gasteiger charge is 2.07. The van der Waals surface area contributed by atoms with Crippen molar-refractivity contribution in [1.82, 2.24) is 4.98 Å². The summed E-state index contributed by atoms with van der Waals surface area (Å²) >= 11 is 0. The molecule has 5 heteroatoms. The molecule has 27 heavy (non-hydrogen) atoms. The van der Waals surface area contributed by atoms with E-state index in [0.29, 0.717) is 18.7 Å². The van der Waals surface area contributed by atoms with Gasteiger partial charge in [0.1, 0.15) is 11.4 Å². The molecule has 0 atom stereocenters. The van der Waals surface area contributed by atoms with Gasteiger partial charge >= 0.3 is 5.97 Å². The van der Waals surface area contributed by atoms with Crippen molar-refractivity contribution < 1.29 is 19.7 Å². The normalized spacial score (nSPS) is 11.0. The molecular formula is C22H23NO4. The number of aryl methyl sites for hydroxylation is 1. The Bertz CT molecular complexity index is 952. The van der Waals surface area contributed by atoms with E-state index in [1.165, 1.54) is 6.07 Å². The topological polar surface area (TPSA) is 79.7 Å². The van der Waals surface area contributed by atoms with Crippen LogP contribution in [0, 0.1) is 0 Å². The number of carbonyl (C=O) groups is 1. The molecular weight excluding hydrogens is 342 g/mol. The Kier molecular flexibility index (Phi) is 6.04. The van der Waals surface area contributed by atoms with Gasteiger partial charge in [-0.15, -0.1) is 0 Å². The summed E-state index contributed by atoms with van der Waals surface area (Å²) in [6, 6.07) is 14.4. The Morgan fingerprint density at radius 1 is 1.04 bits per heavy atom. The van der Waals surface area contributed by atoms with Crippen LogP contribution in [0.5, 0.6) is 5.75 Å². The van der Waals surface area contributed by atoms with Gasteiger partial charge < -0.3 is 14.9 Å². The molecule has 0 spiro atoms. The number of aromatic nitrogens is 1. The van der Waals surface area contributed by atoms with Crippen LogP contribution in [0.4, 0.5) is 0 Å². The van der Waals surface area contributed by atoms with Crippen LogP contribution in [0.3, 0.4) is 0 Å². The summed E-state index contributed by atoms with van der Waals surface area (Å²) in [5, 5.41) is 19.7. The van der Waals surface area contributed by atoms with E-state index in [1.54, 1.807) is 12.1 Å². The molecule has 0 aliphatic carbocycles. The van der Waals surface area contributed by atoms with Gasteiger partial charge in [0.2, 0.25) is 0 Å². The number of aromatic carboxylic acids is 1. The van der Waals surface area contributed by atoms with E-state index >= 15 is 0 Å². The van der Waals surface area contributed by atoms with E-state index in [0.717, 1.165) is 41.3 Å². The first-order chi connectivity index (χ1) is 13.1. The van der Waals surface area contributed by atoms with Crippen LogP contribution >= 0.6 is 0 Å². The third kappa shape index (κ3) is 4.83. The van der Waals surface area contributed by atoms with Gasteiger partial charge in [0.05, 0.1) is 18.7 Å². The average Bonchev–Trinajstić information content (AvgIpc) is 2.67. The summed E-state index contributed by atoms with van der Waals surface area (Å²) in [5.41, 5.74) is 3.80. The number of ether oxygens (including phenoxy) is 1. The molecule has 0 bridgehead atoms. The lowest BCUT2D eigenvalue weighted by atomic mass is 10.0. The predicted molar refractivity (Wildman–Crippen MR) is 104 cm³/mol. The van der Waals surface area contributed by atoms with Crippen molar-refractivity contribution in [3.8, 4) is 5.75 Å². The number of nitrogens with zero attached hydrogens (tertiary/aromatic N) is 1. The van der Waals surface area contributed by atoms with Crippen molar-refractivity contribution in [1.29, 1.82) is 0 Å². The Hall–Kier alpha value is -2.92. The van der Waals surface area contributed by atoms with Crippen LogP contribution < -0.4 is 0 Å². The first-order valence-corrected chi connectivity index (χ1v) is 9.08. The van der Waals surface area contributed by atoms with Gasteiger partial charge in [-0.25, -0.2) is 9.78 Å². The fourth-order valence-electron chi connectivity index (χ4n) is 3.00. The van der Waals surface area contributed by atoms with Crippen molar-refractivity contribution in [2.24, 2.45) is 0 Å². The summed E-state index contributed by atoms with van der Waals surface area (Å²) < 4.78 is 5.87. The fourth-order valence-corrected chi connectivity index (χ4v) is 3.00. The minimum atomic E-state index is -1.04. The quantitative estimate of drug-likeness (QED) is 0.605. The number of phenols is 1. The number of rotatable bonds is 8. The highest BCUT2D eigenvalue weighted by atomic mass is 16.5. The van der Waals surface area contributed by atoms with E-state index in [1.807, 2.05) is 30.3 Å². The van der Waals surface area contributed by atoms with Crippen molar-refractivity contribution >= 4 is 16.9 Å². The van der Waals surface area contributed by atoms with Crippen LogP contribution in [0.1, 0.15) is 46.9 Å². The lowest BCUT2D eigenvalue weighted by molar-refractivity contribution is 0.0691. The molecule has 0 aliphatic heterocycles. The summed E-state index contributed by atoms with van der Waals surface area (Å²) in [5.74, 6) is -0.759. The van der Waals surface area contributed by atoms with Gasteiger partial charge in [0.25, 0.3) is 0 Å². The molecule has 2 aromatic carbocycles. The molecule has 2 N–H and O–H groups in total. The van der Waals surface area contributed by atoms with E-state index < -0.39 is 5.97 Å². The smallest absolute Gasteiger partial charge is 0.354 e. The molecule has 3 rings (SSSR count). The van der Waals surface area contributed by atoms with Crippen LogP contribution in [-0.2, 0) is 24.4 Å². The second-order valence-corrected chi connectivity index (χ2v) is 6.58. The van der Waals surface area contributed by atoms with Gasteiger partial charge in [-0.3, -0.25) is 0 Å². The summed E-state index contributed by atoms with van der Waals surface area (Å²) in [7, 11) is 0. The molecule has 5 nitrogen and oxygen atoms in total. The number of fused-ring (bicyclic) bond motifs is 1. The largest absolute Gasteiger partial charge is 0.508 e. The van der Waals surface area contributed by atoms with Crippen molar-refractivity contribution in [2.45, 2.75) is 39.4 Å². The average molecular weight is 365 g/mol. The number of carboxylic acids is 1. The molecule has 140 valence electrons. The first kappa shape index (κ1) is 18.9. The minimum absolute atomic E-state index is 0.0326. The Morgan fingerprint density at radius 2 is 1.85 bits per heavy atom. The number of hydrogen-bond acceptors (Lipinski definition) is 4. The second kappa shape index (κ2) is 8.64. The second-order valence-electron chi connectivity index (χ2n) is 6.58. The molecule has 3 aromatic rings. The van der Waals surface area contributed by atoms with Crippen LogP contribution in [-0.4, -0.2) is 21.2 Å². The van der Waals surface area contributed by atoms with E-state index in [9.17, 15) is 9.90 Å². The maximum absolute atomic E-state index is 11.1. The van der Waals surface area contributed by atoms with E-state index in [-0.39, 0.29) is 11.4 Å². The van der Waals surface area contributed by atoms with Crippen molar-refractivity contribution in [3.63, 3.8) is 0 Å². The third-order valence-electron chi connectivity index (χ3n) is 4.49. The minimum Gasteiger partial charge on any atom is -0.508 e. The number of benzene rings is 2.